The van der Waals surface area contributed by atoms with Gasteiger partial charge in [0.15, 0.2) is 11.0 Å². The fourth-order valence-corrected chi connectivity index (χ4v) is 3.59. The van der Waals surface area contributed by atoms with Gasteiger partial charge in [0.1, 0.15) is 12.4 Å². The second kappa shape index (κ2) is 6.97. The monoisotopic (exact) mass is 362 g/mol. The van der Waals surface area contributed by atoms with Crippen LogP contribution >= 0.6 is 23.1 Å². The van der Waals surface area contributed by atoms with Crippen molar-refractivity contribution in [1.29, 1.82) is 0 Å². The highest BCUT2D eigenvalue weighted by Gasteiger charge is 2.15. The summed E-state index contributed by atoms with van der Waals surface area (Å²) in [6.45, 7) is 6.41. The van der Waals surface area contributed by atoms with Gasteiger partial charge in [-0.05, 0) is 13.0 Å². The number of hydrogen-bond donors (Lipinski definition) is 0. The van der Waals surface area contributed by atoms with E-state index in [2.05, 4.69) is 27.9 Å². The number of thiophene rings is 1. The zero-order valence-electron chi connectivity index (χ0n) is 12.8. The van der Waals surface area contributed by atoms with Gasteiger partial charge < -0.3 is 0 Å². The molecule has 0 aliphatic rings. The summed E-state index contributed by atoms with van der Waals surface area (Å²) in [4.78, 5) is 11.4. The summed E-state index contributed by atoms with van der Waals surface area (Å²) in [6.07, 6.45) is 4.41. The molecule has 3 rings (SSSR count). The Morgan fingerprint density at radius 2 is 2.33 bits per heavy atom. The molecule has 3 heterocycles. The number of thioether (sulfide) groups is 1. The molecule has 10 heteroatoms. The lowest BCUT2D eigenvalue weighted by molar-refractivity contribution is -0.385. The van der Waals surface area contributed by atoms with Crippen molar-refractivity contribution in [3.05, 3.63) is 51.5 Å². The SMILES string of the molecule is C=CCn1c(SCn2cc([N+](=O)[O-])cn2)nnc1-c1csc(C)c1. The second-order valence-corrected chi connectivity index (χ2v) is 6.95. The maximum Gasteiger partial charge on any atom is 0.307 e. The maximum atomic E-state index is 10.7. The third-order valence-corrected chi connectivity index (χ3v) is 4.99. The van der Waals surface area contributed by atoms with E-state index < -0.39 is 4.92 Å². The molecule has 0 aromatic carbocycles. The zero-order chi connectivity index (χ0) is 17.1. The summed E-state index contributed by atoms with van der Waals surface area (Å²) in [7, 11) is 0. The van der Waals surface area contributed by atoms with E-state index >= 15 is 0 Å². The average Bonchev–Trinajstić information content (AvgIpc) is 3.25. The highest BCUT2D eigenvalue weighted by Crippen LogP contribution is 2.28. The molecule has 0 aliphatic carbocycles. The van der Waals surface area contributed by atoms with Crippen LogP contribution in [0.2, 0.25) is 0 Å². The Morgan fingerprint density at radius 3 is 2.96 bits per heavy atom. The number of nitro groups is 1. The van der Waals surface area contributed by atoms with Crippen LogP contribution in [0.15, 0.2) is 41.7 Å². The highest BCUT2D eigenvalue weighted by molar-refractivity contribution is 7.98. The molecular formula is C14H14N6O2S2. The Labute approximate surface area is 146 Å². The van der Waals surface area contributed by atoms with Crippen molar-refractivity contribution >= 4 is 28.8 Å². The van der Waals surface area contributed by atoms with Gasteiger partial charge in [-0.3, -0.25) is 19.4 Å². The van der Waals surface area contributed by atoms with Gasteiger partial charge in [-0.1, -0.05) is 17.8 Å². The number of nitrogens with zero attached hydrogens (tertiary/aromatic N) is 6. The fraction of sp³-hybridized carbons (Fsp3) is 0.214. The molecule has 0 radical (unpaired) electrons. The molecule has 0 aliphatic heterocycles. The van der Waals surface area contributed by atoms with Gasteiger partial charge in [0.05, 0.1) is 10.8 Å². The molecule has 3 aromatic heterocycles. The van der Waals surface area contributed by atoms with Crippen molar-refractivity contribution in [3.63, 3.8) is 0 Å². The first-order valence-electron chi connectivity index (χ1n) is 6.97. The van der Waals surface area contributed by atoms with Crippen LogP contribution in [-0.4, -0.2) is 29.5 Å². The molecule has 0 amide bonds. The number of aryl methyl sites for hydroxylation is 1. The van der Waals surface area contributed by atoms with Crippen molar-refractivity contribution in [3.8, 4) is 11.4 Å². The molecule has 0 spiro atoms. The standard InChI is InChI=1S/C14H14N6O2S2/c1-3-4-19-13(11-5-10(2)23-8-11)16-17-14(19)24-9-18-7-12(6-15-18)20(21)22/h3,5-8H,1,4,9H2,2H3. The molecule has 0 unspecified atom stereocenters. The molecule has 0 bridgehead atoms. The van der Waals surface area contributed by atoms with Crippen LogP contribution in [0, 0.1) is 17.0 Å². The lowest BCUT2D eigenvalue weighted by Gasteiger charge is -2.06. The highest BCUT2D eigenvalue weighted by atomic mass is 32.2. The first kappa shape index (κ1) is 16.4. The second-order valence-electron chi connectivity index (χ2n) is 4.92. The molecule has 124 valence electrons. The first-order valence-corrected chi connectivity index (χ1v) is 8.84. The predicted octanol–water partition coefficient (Wildman–Crippen LogP) is 3.36. The van der Waals surface area contributed by atoms with E-state index in [1.807, 2.05) is 16.9 Å². The quantitative estimate of drug-likeness (QED) is 0.277. The van der Waals surface area contributed by atoms with Gasteiger partial charge >= 0.3 is 5.69 Å². The summed E-state index contributed by atoms with van der Waals surface area (Å²) >= 11 is 3.07. The minimum Gasteiger partial charge on any atom is -0.298 e. The van der Waals surface area contributed by atoms with Gasteiger partial charge in [-0.15, -0.1) is 28.1 Å². The number of hydrogen-bond acceptors (Lipinski definition) is 7. The average molecular weight is 362 g/mol. The molecule has 0 atom stereocenters. The minimum absolute atomic E-state index is 0.0300. The lowest BCUT2D eigenvalue weighted by Crippen LogP contribution is -2.02. The van der Waals surface area contributed by atoms with Gasteiger partial charge in [0, 0.05) is 22.4 Å². The van der Waals surface area contributed by atoms with Crippen LogP contribution in [0.3, 0.4) is 0 Å². The lowest BCUT2D eigenvalue weighted by atomic mass is 10.3. The van der Waals surface area contributed by atoms with Crippen LogP contribution < -0.4 is 0 Å². The van der Waals surface area contributed by atoms with Crippen LogP contribution in [0.25, 0.3) is 11.4 Å². The third kappa shape index (κ3) is 3.39. The van der Waals surface area contributed by atoms with Crippen LogP contribution in [0.4, 0.5) is 5.69 Å². The number of aromatic nitrogens is 5. The molecule has 3 aromatic rings. The summed E-state index contributed by atoms with van der Waals surface area (Å²) in [6, 6.07) is 2.07. The Bertz CT molecular complexity index is 882. The van der Waals surface area contributed by atoms with Crippen molar-refractivity contribution < 1.29 is 4.92 Å². The van der Waals surface area contributed by atoms with Crippen molar-refractivity contribution in [2.45, 2.75) is 24.5 Å². The number of rotatable bonds is 7. The van der Waals surface area contributed by atoms with Crippen molar-refractivity contribution in [2.75, 3.05) is 0 Å². The summed E-state index contributed by atoms with van der Waals surface area (Å²) < 4.78 is 3.47. The normalized spacial score (nSPS) is 10.9. The van der Waals surface area contributed by atoms with E-state index in [4.69, 9.17) is 0 Å². The third-order valence-electron chi connectivity index (χ3n) is 3.17. The zero-order valence-corrected chi connectivity index (χ0v) is 14.5. The van der Waals surface area contributed by atoms with E-state index in [1.165, 1.54) is 33.7 Å². The van der Waals surface area contributed by atoms with Crippen molar-refractivity contribution in [2.24, 2.45) is 0 Å². The Balaban J connectivity index is 1.81. The summed E-state index contributed by atoms with van der Waals surface area (Å²) in [5.74, 6) is 1.19. The van der Waals surface area contributed by atoms with Crippen LogP contribution in [0.5, 0.6) is 0 Å². The van der Waals surface area contributed by atoms with Crippen LogP contribution in [0.1, 0.15) is 4.88 Å². The van der Waals surface area contributed by atoms with E-state index in [-0.39, 0.29) is 5.69 Å². The van der Waals surface area contributed by atoms with E-state index in [0.717, 1.165) is 11.4 Å². The topological polar surface area (TPSA) is 91.7 Å². The maximum absolute atomic E-state index is 10.7. The van der Waals surface area contributed by atoms with Crippen LogP contribution in [-0.2, 0) is 12.4 Å². The molecule has 24 heavy (non-hydrogen) atoms. The number of allylic oxidation sites excluding steroid dienone is 1. The largest absolute Gasteiger partial charge is 0.307 e. The molecular weight excluding hydrogens is 348 g/mol. The molecule has 0 fully saturated rings. The summed E-state index contributed by atoms with van der Waals surface area (Å²) in [5, 5.41) is 25.9. The molecule has 0 saturated carbocycles. The first-order chi connectivity index (χ1) is 11.6. The Kier molecular flexibility index (Phi) is 4.76. The van der Waals surface area contributed by atoms with E-state index in [9.17, 15) is 10.1 Å². The Hall–Kier alpha value is -2.46. The van der Waals surface area contributed by atoms with Gasteiger partial charge in [-0.2, -0.15) is 5.10 Å². The van der Waals surface area contributed by atoms with Gasteiger partial charge in [-0.25, -0.2) is 0 Å². The molecule has 0 N–H and O–H groups in total. The smallest absolute Gasteiger partial charge is 0.298 e. The van der Waals surface area contributed by atoms with Crippen molar-refractivity contribution in [1.82, 2.24) is 24.5 Å². The predicted molar refractivity (Wildman–Crippen MR) is 93.0 cm³/mol. The Morgan fingerprint density at radius 1 is 1.50 bits per heavy atom. The van der Waals surface area contributed by atoms with E-state index in [1.54, 1.807) is 17.4 Å². The molecule has 0 saturated heterocycles. The minimum atomic E-state index is -0.467. The fourth-order valence-electron chi connectivity index (χ4n) is 2.10. The van der Waals surface area contributed by atoms with Gasteiger partial charge in [0.2, 0.25) is 0 Å². The summed E-state index contributed by atoms with van der Waals surface area (Å²) in [5.41, 5.74) is 0.992. The van der Waals surface area contributed by atoms with E-state index in [0.29, 0.717) is 17.6 Å². The molecule has 8 nitrogen and oxygen atoms in total. The van der Waals surface area contributed by atoms with Gasteiger partial charge in [0.25, 0.3) is 0 Å².